The van der Waals surface area contributed by atoms with Gasteiger partial charge < -0.3 is 14.8 Å². The molecule has 0 aliphatic carbocycles. The van der Waals surface area contributed by atoms with Gasteiger partial charge in [-0.25, -0.2) is 0 Å². The zero-order valence-electron chi connectivity index (χ0n) is 19.9. The van der Waals surface area contributed by atoms with E-state index in [0.717, 1.165) is 5.56 Å². The molecule has 0 atom stereocenters. The molecule has 0 heterocycles. The molecule has 1 N–H and O–H groups in total. The minimum Gasteiger partial charge on any atom is -0.497 e. The molecule has 0 saturated carbocycles. The minimum atomic E-state index is -0.639. The maximum Gasteiger partial charge on any atom is 0.312 e. The van der Waals surface area contributed by atoms with E-state index in [1.165, 1.54) is 25.3 Å². The van der Waals surface area contributed by atoms with Gasteiger partial charge in [-0.2, -0.15) is 5.26 Å². The largest absolute Gasteiger partial charge is 0.497 e. The summed E-state index contributed by atoms with van der Waals surface area (Å²) < 4.78 is 10.8. The standard InChI is InChI=1S/C27H25N3O5/c1-27(2,3)20-6-10-23(11-7-20)35-25-14-5-18(16-24(25)30(32)33)15-19(17-28)26(31)29-21-8-12-22(34-4)13-9-21/h5-16H,1-4H3,(H,29,31). The lowest BCUT2D eigenvalue weighted by Gasteiger charge is -2.19. The number of hydrogen-bond acceptors (Lipinski definition) is 6. The number of nitrogens with zero attached hydrogens (tertiary/aromatic N) is 2. The predicted octanol–water partition coefficient (Wildman–Crippen LogP) is 6.24. The van der Waals surface area contributed by atoms with E-state index in [1.807, 2.05) is 18.2 Å². The van der Waals surface area contributed by atoms with E-state index in [2.05, 4.69) is 26.1 Å². The van der Waals surface area contributed by atoms with E-state index in [4.69, 9.17) is 9.47 Å². The number of amides is 1. The summed E-state index contributed by atoms with van der Waals surface area (Å²) in [6.07, 6.45) is 1.29. The van der Waals surface area contributed by atoms with Crippen molar-refractivity contribution >= 4 is 23.4 Å². The maximum absolute atomic E-state index is 12.5. The fraction of sp³-hybridized carbons (Fsp3) is 0.185. The van der Waals surface area contributed by atoms with Gasteiger partial charge in [0, 0.05) is 11.8 Å². The van der Waals surface area contributed by atoms with Crippen molar-refractivity contribution in [1.82, 2.24) is 0 Å². The number of rotatable bonds is 7. The molecule has 178 valence electrons. The average Bonchev–Trinajstić information content (AvgIpc) is 2.83. The molecule has 8 heteroatoms. The van der Waals surface area contributed by atoms with E-state index in [0.29, 0.717) is 22.7 Å². The number of benzene rings is 3. The van der Waals surface area contributed by atoms with Crippen molar-refractivity contribution in [2.24, 2.45) is 0 Å². The number of nitro groups is 1. The van der Waals surface area contributed by atoms with Crippen molar-refractivity contribution in [3.8, 4) is 23.3 Å². The molecule has 3 aromatic rings. The Labute approximate surface area is 203 Å². The maximum atomic E-state index is 12.5. The molecule has 0 fully saturated rings. The molecule has 3 aromatic carbocycles. The number of nitriles is 1. The molecule has 0 bridgehead atoms. The first kappa shape index (κ1) is 25.0. The normalized spacial score (nSPS) is 11.3. The first-order valence-electron chi connectivity index (χ1n) is 10.7. The van der Waals surface area contributed by atoms with Crippen LogP contribution in [0.4, 0.5) is 11.4 Å². The molecule has 0 aliphatic heterocycles. The fourth-order valence-corrected chi connectivity index (χ4v) is 3.19. The van der Waals surface area contributed by atoms with Crippen molar-refractivity contribution in [1.29, 1.82) is 5.26 Å². The quantitative estimate of drug-likeness (QED) is 0.189. The summed E-state index contributed by atoms with van der Waals surface area (Å²) in [4.78, 5) is 23.6. The van der Waals surface area contributed by atoms with Crippen molar-refractivity contribution < 1.29 is 19.2 Å². The predicted molar refractivity (Wildman–Crippen MR) is 134 cm³/mol. The Kier molecular flexibility index (Phi) is 7.52. The molecule has 0 aromatic heterocycles. The highest BCUT2D eigenvalue weighted by molar-refractivity contribution is 6.09. The van der Waals surface area contributed by atoms with Gasteiger partial charge in [-0.05, 0) is 65.1 Å². The van der Waals surface area contributed by atoms with E-state index in [9.17, 15) is 20.2 Å². The Morgan fingerprint density at radius 2 is 1.66 bits per heavy atom. The van der Waals surface area contributed by atoms with Crippen LogP contribution in [0.3, 0.4) is 0 Å². The van der Waals surface area contributed by atoms with Crippen LogP contribution in [0.5, 0.6) is 17.2 Å². The van der Waals surface area contributed by atoms with Gasteiger partial charge in [-0.15, -0.1) is 0 Å². The van der Waals surface area contributed by atoms with Crippen molar-refractivity contribution in [3.63, 3.8) is 0 Å². The van der Waals surface area contributed by atoms with Gasteiger partial charge in [-0.1, -0.05) is 39.0 Å². The topological polar surface area (TPSA) is 114 Å². The fourth-order valence-electron chi connectivity index (χ4n) is 3.19. The highest BCUT2D eigenvalue weighted by Gasteiger charge is 2.19. The summed E-state index contributed by atoms with van der Waals surface area (Å²) in [7, 11) is 1.53. The van der Waals surface area contributed by atoms with Crippen LogP contribution < -0.4 is 14.8 Å². The number of hydrogen-bond donors (Lipinski definition) is 1. The molecule has 35 heavy (non-hydrogen) atoms. The van der Waals surface area contributed by atoms with Crippen LogP contribution in [0.25, 0.3) is 6.08 Å². The lowest BCUT2D eigenvalue weighted by atomic mass is 9.87. The van der Waals surface area contributed by atoms with Crippen LogP contribution >= 0.6 is 0 Å². The summed E-state index contributed by atoms with van der Waals surface area (Å²) in [6, 6.07) is 20.0. The monoisotopic (exact) mass is 471 g/mol. The lowest BCUT2D eigenvalue weighted by molar-refractivity contribution is -0.385. The Morgan fingerprint density at radius 3 is 2.20 bits per heavy atom. The van der Waals surface area contributed by atoms with E-state index < -0.39 is 10.8 Å². The van der Waals surface area contributed by atoms with E-state index >= 15 is 0 Å². The van der Waals surface area contributed by atoms with E-state index in [-0.39, 0.29) is 22.4 Å². The number of carbonyl (C=O) groups is 1. The molecule has 3 rings (SSSR count). The van der Waals surface area contributed by atoms with Crippen molar-refractivity contribution in [3.05, 3.63) is 93.5 Å². The third kappa shape index (κ3) is 6.45. The number of ether oxygens (including phenoxy) is 2. The van der Waals surface area contributed by atoms with Gasteiger partial charge >= 0.3 is 5.69 Å². The second-order valence-electron chi connectivity index (χ2n) is 8.71. The zero-order valence-corrected chi connectivity index (χ0v) is 19.9. The Balaban J connectivity index is 1.82. The van der Waals surface area contributed by atoms with Gasteiger partial charge in [0.1, 0.15) is 23.1 Å². The smallest absolute Gasteiger partial charge is 0.312 e. The van der Waals surface area contributed by atoms with Gasteiger partial charge in [0.15, 0.2) is 0 Å². The van der Waals surface area contributed by atoms with Crippen LogP contribution in [0.1, 0.15) is 31.9 Å². The van der Waals surface area contributed by atoms with Crippen LogP contribution in [-0.2, 0) is 10.2 Å². The second kappa shape index (κ2) is 10.5. The molecule has 0 spiro atoms. The van der Waals surface area contributed by atoms with Crippen LogP contribution in [0.2, 0.25) is 0 Å². The molecule has 1 amide bonds. The number of nitro benzene ring substituents is 1. The Bertz CT molecular complexity index is 1300. The molecule has 0 radical (unpaired) electrons. The second-order valence-corrected chi connectivity index (χ2v) is 8.71. The molecule has 0 aliphatic rings. The molecule has 8 nitrogen and oxygen atoms in total. The minimum absolute atomic E-state index is 0.0311. The van der Waals surface area contributed by atoms with Crippen LogP contribution in [-0.4, -0.2) is 17.9 Å². The summed E-state index contributed by atoms with van der Waals surface area (Å²) in [5, 5.41) is 23.8. The third-order valence-corrected chi connectivity index (χ3v) is 5.15. The van der Waals surface area contributed by atoms with Crippen LogP contribution in [0, 0.1) is 21.4 Å². The average molecular weight is 472 g/mol. The molecule has 0 unspecified atom stereocenters. The van der Waals surface area contributed by atoms with Gasteiger partial charge in [0.25, 0.3) is 5.91 Å². The Hall–Kier alpha value is -4.64. The summed E-state index contributed by atoms with van der Waals surface area (Å²) in [6.45, 7) is 6.27. The number of methoxy groups -OCH3 is 1. The highest BCUT2D eigenvalue weighted by atomic mass is 16.6. The number of anilines is 1. The van der Waals surface area contributed by atoms with Gasteiger partial charge in [-0.3, -0.25) is 14.9 Å². The van der Waals surface area contributed by atoms with Crippen molar-refractivity contribution in [2.45, 2.75) is 26.2 Å². The first-order valence-corrected chi connectivity index (χ1v) is 10.7. The van der Waals surface area contributed by atoms with Crippen molar-refractivity contribution in [2.75, 3.05) is 12.4 Å². The van der Waals surface area contributed by atoms with Crippen LogP contribution in [0.15, 0.2) is 72.3 Å². The summed E-state index contributed by atoms with van der Waals surface area (Å²) in [5.41, 5.74) is 1.37. The summed E-state index contributed by atoms with van der Waals surface area (Å²) >= 11 is 0. The third-order valence-electron chi connectivity index (χ3n) is 5.15. The number of nitrogens with one attached hydrogen (secondary N) is 1. The first-order chi connectivity index (χ1) is 16.6. The lowest BCUT2D eigenvalue weighted by Crippen LogP contribution is -2.13. The molecular weight excluding hydrogens is 446 g/mol. The number of carbonyl (C=O) groups excluding carboxylic acids is 1. The zero-order chi connectivity index (χ0) is 25.6. The molecular formula is C27H25N3O5. The SMILES string of the molecule is COc1ccc(NC(=O)C(C#N)=Cc2ccc(Oc3ccc(C(C)(C)C)cc3)c([N+](=O)[O-])c2)cc1. The molecule has 0 saturated heterocycles. The summed E-state index contributed by atoms with van der Waals surface area (Å²) in [5.74, 6) is 0.497. The van der Waals surface area contributed by atoms with E-state index in [1.54, 1.807) is 42.5 Å². The van der Waals surface area contributed by atoms with Gasteiger partial charge in [0.05, 0.1) is 12.0 Å². The highest BCUT2D eigenvalue weighted by Crippen LogP contribution is 2.34. The van der Waals surface area contributed by atoms with Gasteiger partial charge in [0.2, 0.25) is 5.75 Å². The Morgan fingerprint density at radius 1 is 1.03 bits per heavy atom.